The van der Waals surface area contributed by atoms with Crippen LogP contribution in [0, 0.1) is 12.7 Å². The first-order valence-electron chi connectivity index (χ1n) is 5.78. The van der Waals surface area contributed by atoms with Crippen LogP contribution < -0.4 is 5.73 Å². The summed E-state index contributed by atoms with van der Waals surface area (Å²) >= 11 is 0. The monoisotopic (exact) mass is 240 g/mol. The molecule has 0 aliphatic heterocycles. The molecule has 2 N–H and O–H groups in total. The first-order valence-corrected chi connectivity index (χ1v) is 5.78. The van der Waals surface area contributed by atoms with E-state index in [1.807, 2.05) is 41.1 Å². The molecule has 1 aromatic carbocycles. The van der Waals surface area contributed by atoms with Crippen LogP contribution >= 0.6 is 0 Å². The van der Waals surface area contributed by atoms with Gasteiger partial charge in [0.05, 0.1) is 11.2 Å². The van der Waals surface area contributed by atoms with Crippen molar-refractivity contribution in [3.8, 4) is 11.1 Å². The molecule has 18 heavy (non-hydrogen) atoms. The molecule has 0 atom stereocenters. The molecule has 0 unspecified atom stereocenters. The van der Waals surface area contributed by atoms with E-state index in [9.17, 15) is 4.39 Å². The number of anilines is 1. The minimum Gasteiger partial charge on any atom is -0.396 e. The number of aryl methyl sites for hydroxylation is 1. The number of nitrogens with two attached hydrogens (primary N) is 1. The summed E-state index contributed by atoms with van der Waals surface area (Å²) in [7, 11) is 0. The smallest absolute Gasteiger partial charge is 0.126 e. The van der Waals surface area contributed by atoms with E-state index in [0.29, 0.717) is 5.56 Å². The minimum absolute atomic E-state index is 0.193. The van der Waals surface area contributed by atoms with Gasteiger partial charge in [0.15, 0.2) is 0 Å². The molecule has 3 heteroatoms. The number of rotatable bonds is 1. The van der Waals surface area contributed by atoms with E-state index in [2.05, 4.69) is 0 Å². The lowest BCUT2D eigenvalue weighted by molar-refractivity contribution is 0.619. The van der Waals surface area contributed by atoms with E-state index >= 15 is 0 Å². The van der Waals surface area contributed by atoms with Crippen LogP contribution in [0.15, 0.2) is 48.8 Å². The van der Waals surface area contributed by atoms with E-state index in [1.165, 1.54) is 6.07 Å². The van der Waals surface area contributed by atoms with E-state index < -0.39 is 0 Å². The van der Waals surface area contributed by atoms with E-state index in [1.54, 1.807) is 13.0 Å². The minimum atomic E-state index is -0.193. The van der Waals surface area contributed by atoms with Crippen molar-refractivity contribution in [1.82, 2.24) is 4.40 Å². The van der Waals surface area contributed by atoms with Gasteiger partial charge in [-0.15, -0.1) is 0 Å². The third-order valence-electron chi connectivity index (χ3n) is 3.19. The first-order chi connectivity index (χ1) is 8.66. The summed E-state index contributed by atoms with van der Waals surface area (Å²) in [5.41, 5.74) is 10.3. The number of fused-ring (bicyclic) bond motifs is 1. The Morgan fingerprint density at radius 1 is 1.17 bits per heavy atom. The second kappa shape index (κ2) is 3.88. The lowest BCUT2D eigenvalue weighted by Gasteiger charge is -2.02. The zero-order valence-electron chi connectivity index (χ0n) is 10.0. The van der Waals surface area contributed by atoms with Crippen molar-refractivity contribution in [2.24, 2.45) is 0 Å². The molecule has 0 radical (unpaired) electrons. The van der Waals surface area contributed by atoms with Gasteiger partial charge in [-0.25, -0.2) is 4.39 Å². The molecule has 0 aliphatic rings. The highest BCUT2D eigenvalue weighted by atomic mass is 19.1. The third kappa shape index (κ3) is 1.56. The Morgan fingerprint density at radius 3 is 2.72 bits per heavy atom. The van der Waals surface area contributed by atoms with Gasteiger partial charge in [0.25, 0.3) is 0 Å². The number of hydrogen-bond acceptors (Lipinski definition) is 1. The topological polar surface area (TPSA) is 30.4 Å². The number of aromatic nitrogens is 1. The highest BCUT2D eigenvalue weighted by Crippen LogP contribution is 2.31. The van der Waals surface area contributed by atoms with Crippen LogP contribution in [0.3, 0.4) is 0 Å². The van der Waals surface area contributed by atoms with Crippen molar-refractivity contribution in [3.63, 3.8) is 0 Å². The molecular formula is C15H13FN2. The van der Waals surface area contributed by atoms with Crippen molar-refractivity contribution >= 4 is 11.2 Å². The molecule has 2 nitrogen and oxygen atoms in total. The molecule has 0 saturated carbocycles. The van der Waals surface area contributed by atoms with Gasteiger partial charge in [0.2, 0.25) is 0 Å². The molecule has 0 saturated heterocycles. The fraction of sp³-hybridized carbons (Fsp3) is 0.0667. The molecular weight excluding hydrogens is 227 g/mol. The quantitative estimate of drug-likeness (QED) is 0.691. The molecule has 0 spiro atoms. The second-order valence-corrected chi connectivity index (χ2v) is 4.41. The number of hydrogen-bond donors (Lipinski definition) is 1. The molecule has 0 amide bonds. The number of nitrogens with zero attached hydrogens (tertiary/aromatic N) is 1. The Labute approximate surface area is 104 Å². The maximum absolute atomic E-state index is 13.3. The van der Waals surface area contributed by atoms with E-state index in [-0.39, 0.29) is 5.82 Å². The summed E-state index contributed by atoms with van der Waals surface area (Å²) in [6, 6.07) is 10.9. The number of pyridine rings is 1. The van der Waals surface area contributed by atoms with Crippen molar-refractivity contribution < 1.29 is 4.39 Å². The average molecular weight is 240 g/mol. The highest BCUT2D eigenvalue weighted by molar-refractivity contribution is 5.88. The molecule has 0 bridgehead atoms. The van der Waals surface area contributed by atoms with Crippen LogP contribution in [0.5, 0.6) is 0 Å². The molecule has 3 aromatic rings. The van der Waals surface area contributed by atoms with Crippen molar-refractivity contribution in [3.05, 3.63) is 60.2 Å². The number of halogens is 1. The van der Waals surface area contributed by atoms with Gasteiger partial charge >= 0.3 is 0 Å². The van der Waals surface area contributed by atoms with Crippen LogP contribution in [0.2, 0.25) is 0 Å². The summed E-state index contributed by atoms with van der Waals surface area (Å²) in [5.74, 6) is -0.193. The summed E-state index contributed by atoms with van der Waals surface area (Å²) < 4.78 is 15.3. The zero-order chi connectivity index (χ0) is 12.7. The SMILES string of the molecule is Cc1cc(-c2cn3ccccc3c2N)ccc1F. The molecule has 90 valence electrons. The summed E-state index contributed by atoms with van der Waals surface area (Å²) in [6.45, 7) is 1.75. The maximum Gasteiger partial charge on any atom is 0.126 e. The zero-order valence-corrected chi connectivity index (χ0v) is 10.0. The molecule has 0 fully saturated rings. The normalized spacial score (nSPS) is 11.0. The lowest BCUT2D eigenvalue weighted by Crippen LogP contribution is -1.88. The fourth-order valence-electron chi connectivity index (χ4n) is 2.19. The van der Waals surface area contributed by atoms with Crippen LogP contribution in [-0.4, -0.2) is 4.40 Å². The van der Waals surface area contributed by atoms with Gasteiger partial charge < -0.3 is 10.1 Å². The van der Waals surface area contributed by atoms with Crippen molar-refractivity contribution in [2.75, 3.05) is 5.73 Å². The molecule has 3 rings (SSSR count). The van der Waals surface area contributed by atoms with Crippen LogP contribution in [0.1, 0.15) is 5.56 Å². The molecule has 2 heterocycles. The molecule has 0 aliphatic carbocycles. The predicted molar refractivity (Wildman–Crippen MR) is 71.9 cm³/mol. The van der Waals surface area contributed by atoms with Gasteiger partial charge in [0, 0.05) is 18.0 Å². The average Bonchev–Trinajstić information content (AvgIpc) is 2.71. The standard InChI is InChI=1S/C15H13FN2/c1-10-8-11(5-6-13(10)16)12-9-18-7-3-2-4-14(18)15(12)17/h2-9H,17H2,1H3. The summed E-state index contributed by atoms with van der Waals surface area (Å²) in [6.07, 6.45) is 3.92. The Hall–Kier alpha value is -2.29. The molecule has 2 aromatic heterocycles. The van der Waals surface area contributed by atoms with Gasteiger partial charge in [-0.05, 0) is 42.3 Å². The highest BCUT2D eigenvalue weighted by Gasteiger charge is 2.10. The largest absolute Gasteiger partial charge is 0.396 e. The maximum atomic E-state index is 13.3. The Kier molecular flexibility index (Phi) is 2.33. The number of benzene rings is 1. The third-order valence-corrected chi connectivity index (χ3v) is 3.19. The van der Waals surface area contributed by atoms with Crippen LogP contribution in [0.4, 0.5) is 10.1 Å². The van der Waals surface area contributed by atoms with Crippen LogP contribution in [0.25, 0.3) is 16.6 Å². The first kappa shape index (κ1) is 10.8. The van der Waals surface area contributed by atoms with Crippen LogP contribution in [-0.2, 0) is 0 Å². The van der Waals surface area contributed by atoms with Gasteiger partial charge in [-0.3, -0.25) is 0 Å². The van der Waals surface area contributed by atoms with Gasteiger partial charge in [0.1, 0.15) is 5.82 Å². The Balaban J connectivity index is 2.25. The van der Waals surface area contributed by atoms with E-state index in [0.717, 1.165) is 22.3 Å². The lowest BCUT2D eigenvalue weighted by atomic mass is 10.0. The second-order valence-electron chi connectivity index (χ2n) is 4.41. The number of nitrogen functional groups attached to an aromatic ring is 1. The predicted octanol–water partition coefficient (Wildman–Crippen LogP) is 3.64. The fourth-order valence-corrected chi connectivity index (χ4v) is 2.19. The van der Waals surface area contributed by atoms with Gasteiger partial charge in [-0.2, -0.15) is 0 Å². The Bertz CT molecular complexity index is 728. The van der Waals surface area contributed by atoms with Crippen molar-refractivity contribution in [2.45, 2.75) is 6.92 Å². The summed E-state index contributed by atoms with van der Waals surface area (Å²) in [4.78, 5) is 0. The van der Waals surface area contributed by atoms with Gasteiger partial charge in [-0.1, -0.05) is 12.1 Å². The van der Waals surface area contributed by atoms with E-state index in [4.69, 9.17) is 5.73 Å². The Morgan fingerprint density at radius 2 is 2.00 bits per heavy atom. The summed E-state index contributed by atoms with van der Waals surface area (Å²) in [5, 5.41) is 0. The van der Waals surface area contributed by atoms with Crippen molar-refractivity contribution in [1.29, 1.82) is 0 Å².